The van der Waals surface area contributed by atoms with Crippen LogP contribution in [0.4, 0.5) is 0 Å². The van der Waals surface area contributed by atoms with Gasteiger partial charge in [-0.15, -0.1) is 0 Å². The van der Waals surface area contributed by atoms with Crippen molar-refractivity contribution in [2.24, 2.45) is 5.73 Å². The molecule has 3 N–H and O–H groups in total. The third-order valence-electron chi connectivity index (χ3n) is 2.61. The van der Waals surface area contributed by atoms with Crippen LogP contribution in [0.3, 0.4) is 0 Å². The van der Waals surface area contributed by atoms with Gasteiger partial charge < -0.3 is 10.8 Å². The van der Waals surface area contributed by atoms with E-state index in [2.05, 4.69) is 0 Å². The standard InChI is InChI=1S/C12H10Cl3NO/c13-12(14,15)11(16)10-8-4-2-1-3-7(8)5-6-9(10)17/h1-6,11,17H,16H2. The Hall–Kier alpha value is -0.670. The van der Waals surface area contributed by atoms with Gasteiger partial charge in [-0.25, -0.2) is 0 Å². The van der Waals surface area contributed by atoms with Gasteiger partial charge in [-0.1, -0.05) is 65.1 Å². The Bertz CT molecular complexity index is 551. The molecule has 0 amide bonds. The Morgan fingerprint density at radius 3 is 2.35 bits per heavy atom. The Kier molecular flexibility index (Phi) is 3.41. The second kappa shape index (κ2) is 4.54. The Labute approximate surface area is 114 Å². The highest BCUT2D eigenvalue weighted by Gasteiger charge is 2.33. The van der Waals surface area contributed by atoms with Gasteiger partial charge in [0.05, 0.1) is 6.04 Å². The predicted molar refractivity (Wildman–Crippen MR) is 72.8 cm³/mol. The summed E-state index contributed by atoms with van der Waals surface area (Å²) < 4.78 is -1.67. The number of aromatic hydroxyl groups is 1. The molecule has 0 saturated carbocycles. The van der Waals surface area contributed by atoms with Gasteiger partial charge in [0.15, 0.2) is 0 Å². The van der Waals surface area contributed by atoms with E-state index in [4.69, 9.17) is 40.5 Å². The molecule has 0 aliphatic carbocycles. The number of phenols is 1. The van der Waals surface area contributed by atoms with E-state index in [9.17, 15) is 5.11 Å². The maximum absolute atomic E-state index is 9.89. The summed E-state index contributed by atoms with van der Waals surface area (Å²) in [6.07, 6.45) is 0. The van der Waals surface area contributed by atoms with Crippen LogP contribution in [0, 0.1) is 0 Å². The fourth-order valence-electron chi connectivity index (χ4n) is 1.77. The van der Waals surface area contributed by atoms with Crippen molar-refractivity contribution in [3.05, 3.63) is 42.0 Å². The molecule has 90 valence electrons. The number of hydrogen-bond acceptors (Lipinski definition) is 2. The molecule has 17 heavy (non-hydrogen) atoms. The minimum Gasteiger partial charge on any atom is -0.508 e. The molecular formula is C12H10Cl3NO. The highest BCUT2D eigenvalue weighted by molar-refractivity contribution is 6.68. The third-order valence-corrected chi connectivity index (χ3v) is 3.32. The lowest BCUT2D eigenvalue weighted by atomic mass is 9.99. The quantitative estimate of drug-likeness (QED) is 0.782. The van der Waals surface area contributed by atoms with Gasteiger partial charge in [0.25, 0.3) is 0 Å². The molecule has 1 unspecified atom stereocenters. The molecule has 0 aliphatic rings. The molecule has 5 heteroatoms. The topological polar surface area (TPSA) is 46.2 Å². The summed E-state index contributed by atoms with van der Waals surface area (Å²) in [7, 11) is 0. The minimum atomic E-state index is -1.67. The lowest BCUT2D eigenvalue weighted by Crippen LogP contribution is -2.25. The molecule has 0 fully saturated rings. The van der Waals surface area contributed by atoms with E-state index in [1.54, 1.807) is 12.1 Å². The molecule has 0 saturated heterocycles. The monoisotopic (exact) mass is 289 g/mol. The number of fused-ring (bicyclic) bond motifs is 1. The first kappa shape index (κ1) is 12.8. The molecule has 0 heterocycles. The zero-order valence-electron chi connectivity index (χ0n) is 8.70. The van der Waals surface area contributed by atoms with E-state index in [1.807, 2.05) is 24.3 Å². The van der Waals surface area contributed by atoms with E-state index in [0.29, 0.717) is 5.56 Å². The highest BCUT2D eigenvalue weighted by atomic mass is 35.6. The lowest BCUT2D eigenvalue weighted by molar-refractivity contribution is 0.463. The van der Waals surface area contributed by atoms with Crippen molar-refractivity contribution in [2.75, 3.05) is 0 Å². The summed E-state index contributed by atoms with van der Waals surface area (Å²) in [5.41, 5.74) is 6.33. The number of benzene rings is 2. The average Bonchev–Trinajstić information content (AvgIpc) is 2.27. The number of halogens is 3. The molecule has 0 aliphatic heterocycles. The number of nitrogens with two attached hydrogens (primary N) is 1. The van der Waals surface area contributed by atoms with Crippen LogP contribution in [0.15, 0.2) is 36.4 Å². The molecule has 0 aromatic heterocycles. The molecule has 0 bridgehead atoms. The summed E-state index contributed by atoms with van der Waals surface area (Å²) in [6.45, 7) is 0. The van der Waals surface area contributed by atoms with Gasteiger partial charge in [0.2, 0.25) is 3.79 Å². The summed E-state index contributed by atoms with van der Waals surface area (Å²) in [5, 5.41) is 11.6. The molecule has 2 rings (SSSR count). The number of phenolic OH excluding ortho intramolecular Hbond substituents is 1. The van der Waals surface area contributed by atoms with Gasteiger partial charge in [-0.2, -0.15) is 0 Å². The van der Waals surface area contributed by atoms with E-state index < -0.39 is 9.83 Å². The molecule has 2 aromatic rings. The van der Waals surface area contributed by atoms with Crippen molar-refractivity contribution in [3.8, 4) is 5.75 Å². The minimum absolute atomic E-state index is 0.0301. The number of hydrogen-bond donors (Lipinski definition) is 2. The largest absolute Gasteiger partial charge is 0.508 e. The van der Waals surface area contributed by atoms with Crippen molar-refractivity contribution in [3.63, 3.8) is 0 Å². The normalized spacial score (nSPS) is 13.9. The fraction of sp³-hybridized carbons (Fsp3) is 0.167. The maximum atomic E-state index is 9.89. The SMILES string of the molecule is NC(c1c(O)ccc2ccccc12)C(Cl)(Cl)Cl. The number of rotatable bonds is 1. The maximum Gasteiger partial charge on any atom is 0.209 e. The average molecular weight is 291 g/mol. The van der Waals surface area contributed by atoms with Crippen LogP contribution in [0.1, 0.15) is 11.6 Å². The van der Waals surface area contributed by atoms with Crippen molar-refractivity contribution in [1.29, 1.82) is 0 Å². The molecular weight excluding hydrogens is 280 g/mol. The lowest BCUT2D eigenvalue weighted by Gasteiger charge is -2.22. The number of alkyl halides is 3. The van der Waals surface area contributed by atoms with Crippen molar-refractivity contribution in [2.45, 2.75) is 9.83 Å². The van der Waals surface area contributed by atoms with Crippen LogP contribution in [0.25, 0.3) is 10.8 Å². The van der Waals surface area contributed by atoms with Gasteiger partial charge >= 0.3 is 0 Å². The Balaban J connectivity index is 2.71. The zero-order chi connectivity index (χ0) is 12.6. The summed E-state index contributed by atoms with van der Waals surface area (Å²) in [4.78, 5) is 0. The second-order valence-electron chi connectivity index (χ2n) is 3.74. The molecule has 1 atom stereocenters. The summed E-state index contributed by atoms with van der Waals surface area (Å²) >= 11 is 17.4. The first-order valence-electron chi connectivity index (χ1n) is 4.94. The van der Waals surface area contributed by atoms with E-state index in [-0.39, 0.29) is 5.75 Å². The fourth-order valence-corrected chi connectivity index (χ4v) is 2.10. The van der Waals surface area contributed by atoms with Gasteiger partial charge in [-0.3, -0.25) is 0 Å². The molecule has 2 nitrogen and oxygen atoms in total. The van der Waals surface area contributed by atoms with Gasteiger partial charge in [0.1, 0.15) is 5.75 Å². The smallest absolute Gasteiger partial charge is 0.209 e. The Morgan fingerprint density at radius 1 is 1.06 bits per heavy atom. The van der Waals surface area contributed by atoms with Crippen molar-refractivity contribution < 1.29 is 5.11 Å². The summed E-state index contributed by atoms with van der Waals surface area (Å²) in [6, 6.07) is 9.93. The Morgan fingerprint density at radius 2 is 1.71 bits per heavy atom. The van der Waals surface area contributed by atoms with Crippen LogP contribution in [0.2, 0.25) is 0 Å². The van der Waals surface area contributed by atoms with Gasteiger partial charge in [-0.05, 0) is 16.8 Å². The van der Waals surface area contributed by atoms with Gasteiger partial charge in [0, 0.05) is 5.56 Å². The van der Waals surface area contributed by atoms with Crippen LogP contribution in [-0.2, 0) is 0 Å². The third kappa shape index (κ3) is 2.45. The van der Waals surface area contributed by atoms with Crippen LogP contribution in [0.5, 0.6) is 5.75 Å². The van der Waals surface area contributed by atoms with Crippen LogP contribution < -0.4 is 5.73 Å². The summed E-state index contributed by atoms with van der Waals surface area (Å²) in [5.74, 6) is 0.0301. The van der Waals surface area contributed by atoms with Crippen LogP contribution >= 0.6 is 34.8 Å². The van der Waals surface area contributed by atoms with E-state index >= 15 is 0 Å². The van der Waals surface area contributed by atoms with Crippen molar-refractivity contribution >= 4 is 45.6 Å². The van der Waals surface area contributed by atoms with E-state index in [1.165, 1.54) is 0 Å². The van der Waals surface area contributed by atoms with E-state index in [0.717, 1.165) is 10.8 Å². The van der Waals surface area contributed by atoms with Crippen molar-refractivity contribution in [1.82, 2.24) is 0 Å². The molecule has 0 radical (unpaired) electrons. The molecule has 2 aromatic carbocycles. The zero-order valence-corrected chi connectivity index (χ0v) is 11.0. The predicted octanol–water partition coefficient (Wildman–Crippen LogP) is 3.92. The first-order valence-corrected chi connectivity index (χ1v) is 6.07. The second-order valence-corrected chi connectivity index (χ2v) is 6.11. The first-order chi connectivity index (χ1) is 7.91. The highest BCUT2D eigenvalue weighted by Crippen LogP contribution is 2.43. The van der Waals surface area contributed by atoms with Crippen LogP contribution in [-0.4, -0.2) is 8.90 Å². The molecule has 0 spiro atoms.